The highest BCUT2D eigenvalue weighted by Crippen LogP contribution is 2.29. The molecule has 3 rings (SSSR count). The number of methoxy groups -OCH3 is 1. The smallest absolute Gasteiger partial charge is 0.262 e. The van der Waals surface area contributed by atoms with Crippen molar-refractivity contribution in [2.24, 2.45) is 0 Å². The Kier molecular flexibility index (Phi) is 8.37. The van der Waals surface area contributed by atoms with Crippen molar-refractivity contribution in [1.29, 1.82) is 0 Å². The SMILES string of the molecule is CCOc1cc(CNc2ccc(CC)cc2)ccc1OCC(=O)Nc1ccc(OC)cc1. The summed E-state index contributed by atoms with van der Waals surface area (Å²) in [6, 6.07) is 21.3. The number of rotatable bonds is 11. The molecular formula is C26H30N2O4. The number of ether oxygens (including phenoxy) is 3. The van der Waals surface area contributed by atoms with Crippen molar-refractivity contribution < 1.29 is 19.0 Å². The van der Waals surface area contributed by atoms with Gasteiger partial charge in [-0.3, -0.25) is 4.79 Å². The van der Waals surface area contributed by atoms with Gasteiger partial charge in [-0.1, -0.05) is 25.1 Å². The van der Waals surface area contributed by atoms with Gasteiger partial charge in [0, 0.05) is 17.9 Å². The second kappa shape index (κ2) is 11.6. The van der Waals surface area contributed by atoms with Crippen molar-refractivity contribution in [3.8, 4) is 17.2 Å². The number of hydrogen-bond acceptors (Lipinski definition) is 5. The van der Waals surface area contributed by atoms with Crippen LogP contribution in [0, 0.1) is 0 Å². The van der Waals surface area contributed by atoms with Crippen LogP contribution in [-0.2, 0) is 17.8 Å². The zero-order valence-electron chi connectivity index (χ0n) is 18.8. The minimum atomic E-state index is -0.251. The number of nitrogens with one attached hydrogen (secondary N) is 2. The van der Waals surface area contributed by atoms with Crippen molar-refractivity contribution in [3.63, 3.8) is 0 Å². The number of carbonyl (C=O) groups is 1. The minimum absolute atomic E-state index is 0.118. The third-order valence-electron chi connectivity index (χ3n) is 4.90. The molecule has 0 bridgehead atoms. The summed E-state index contributed by atoms with van der Waals surface area (Å²) in [6.07, 6.45) is 1.03. The van der Waals surface area contributed by atoms with Gasteiger partial charge in [-0.2, -0.15) is 0 Å². The van der Waals surface area contributed by atoms with E-state index in [2.05, 4.69) is 41.8 Å². The predicted molar refractivity (Wildman–Crippen MR) is 128 cm³/mol. The number of aryl methyl sites for hydroxylation is 1. The summed E-state index contributed by atoms with van der Waals surface area (Å²) in [6.45, 7) is 5.10. The fourth-order valence-electron chi connectivity index (χ4n) is 3.13. The average Bonchev–Trinajstić information content (AvgIpc) is 2.83. The molecular weight excluding hydrogens is 404 g/mol. The molecule has 168 valence electrons. The van der Waals surface area contributed by atoms with E-state index in [4.69, 9.17) is 14.2 Å². The number of carbonyl (C=O) groups excluding carboxylic acids is 1. The van der Waals surface area contributed by atoms with Gasteiger partial charge in [-0.05, 0) is 73.0 Å². The van der Waals surface area contributed by atoms with E-state index in [1.165, 1.54) is 5.56 Å². The normalized spacial score (nSPS) is 10.3. The third-order valence-corrected chi connectivity index (χ3v) is 4.90. The van der Waals surface area contributed by atoms with Crippen LogP contribution in [0.15, 0.2) is 66.7 Å². The molecule has 0 spiro atoms. The van der Waals surface area contributed by atoms with E-state index in [0.29, 0.717) is 30.3 Å². The van der Waals surface area contributed by atoms with Gasteiger partial charge in [-0.25, -0.2) is 0 Å². The Balaban J connectivity index is 1.57. The second-order valence-corrected chi connectivity index (χ2v) is 7.18. The largest absolute Gasteiger partial charge is 0.497 e. The molecule has 0 saturated heterocycles. The lowest BCUT2D eigenvalue weighted by Crippen LogP contribution is -2.20. The van der Waals surface area contributed by atoms with Crippen LogP contribution in [0.3, 0.4) is 0 Å². The Hall–Kier alpha value is -3.67. The quantitative estimate of drug-likeness (QED) is 0.429. The van der Waals surface area contributed by atoms with Crippen LogP contribution in [0.25, 0.3) is 0 Å². The van der Waals surface area contributed by atoms with Gasteiger partial charge < -0.3 is 24.8 Å². The van der Waals surface area contributed by atoms with Crippen molar-refractivity contribution in [1.82, 2.24) is 0 Å². The molecule has 0 aliphatic carbocycles. The van der Waals surface area contributed by atoms with Crippen molar-refractivity contribution in [2.75, 3.05) is 31.0 Å². The summed E-state index contributed by atoms with van der Waals surface area (Å²) in [5, 5.41) is 6.22. The molecule has 2 N–H and O–H groups in total. The summed E-state index contributed by atoms with van der Waals surface area (Å²) in [4.78, 5) is 12.3. The maximum atomic E-state index is 12.3. The first-order valence-corrected chi connectivity index (χ1v) is 10.8. The van der Waals surface area contributed by atoms with E-state index < -0.39 is 0 Å². The van der Waals surface area contributed by atoms with Crippen LogP contribution < -0.4 is 24.8 Å². The highest BCUT2D eigenvalue weighted by atomic mass is 16.5. The molecule has 0 fully saturated rings. The molecule has 0 heterocycles. The molecule has 0 unspecified atom stereocenters. The van der Waals surface area contributed by atoms with Gasteiger partial charge in [0.1, 0.15) is 5.75 Å². The first-order valence-electron chi connectivity index (χ1n) is 10.8. The van der Waals surface area contributed by atoms with Gasteiger partial charge in [0.15, 0.2) is 18.1 Å². The lowest BCUT2D eigenvalue weighted by atomic mass is 10.1. The topological polar surface area (TPSA) is 68.8 Å². The van der Waals surface area contributed by atoms with Crippen LogP contribution in [0.2, 0.25) is 0 Å². The number of benzene rings is 3. The number of hydrogen-bond donors (Lipinski definition) is 2. The molecule has 0 aromatic heterocycles. The molecule has 0 aliphatic heterocycles. The first kappa shape index (κ1) is 23.0. The fourth-order valence-corrected chi connectivity index (χ4v) is 3.13. The predicted octanol–water partition coefficient (Wildman–Crippen LogP) is 5.29. The molecule has 0 radical (unpaired) electrons. The van der Waals surface area contributed by atoms with Gasteiger partial charge in [0.2, 0.25) is 0 Å². The molecule has 0 atom stereocenters. The molecule has 6 heteroatoms. The zero-order chi connectivity index (χ0) is 22.8. The van der Waals surface area contributed by atoms with Gasteiger partial charge in [-0.15, -0.1) is 0 Å². The summed E-state index contributed by atoms with van der Waals surface area (Å²) in [5.74, 6) is 1.63. The summed E-state index contributed by atoms with van der Waals surface area (Å²) in [5.41, 5.74) is 4.11. The average molecular weight is 435 g/mol. The standard InChI is InChI=1S/C26H30N2O4/c1-4-19-6-9-21(10-7-19)27-17-20-8-15-24(25(16-20)31-5-2)32-18-26(29)28-22-11-13-23(30-3)14-12-22/h6-16,27H,4-5,17-18H2,1-3H3,(H,28,29). The second-order valence-electron chi connectivity index (χ2n) is 7.18. The molecule has 0 saturated carbocycles. The Labute approximate surface area is 189 Å². The zero-order valence-corrected chi connectivity index (χ0v) is 18.8. The van der Waals surface area contributed by atoms with E-state index in [-0.39, 0.29) is 12.5 Å². The van der Waals surface area contributed by atoms with Gasteiger partial charge >= 0.3 is 0 Å². The molecule has 3 aromatic carbocycles. The highest BCUT2D eigenvalue weighted by molar-refractivity contribution is 5.91. The highest BCUT2D eigenvalue weighted by Gasteiger charge is 2.10. The Morgan fingerprint density at radius 3 is 2.16 bits per heavy atom. The lowest BCUT2D eigenvalue weighted by molar-refractivity contribution is -0.118. The first-order chi connectivity index (χ1) is 15.6. The van der Waals surface area contributed by atoms with Crippen LogP contribution in [0.5, 0.6) is 17.2 Å². The number of anilines is 2. The summed E-state index contributed by atoms with van der Waals surface area (Å²) < 4.78 is 16.6. The van der Waals surface area contributed by atoms with Crippen LogP contribution in [0.4, 0.5) is 11.4 Å². The van der Waals surface area contributed by atoms with Gasteiger partial charge in [0.05, 0.1) is 13.7 Å². The van der Waals surface area contributed by atoms with E-state index in [1.54, 1.807) is 31.4 Å². The van der Waals surface area contributed by atoms with Crippen LogP contribution in [-0.4, -0.2) is 26.2 Å². The summed E-state index contributed by atoms with van der Waals surface area (Å²) in [7, 11) is 1.60. The van der Waals surface area contributed by atoms with E-state index >= 15 is 0 Å². The van der Waals surface area contributed by atoms with Crippen LogP contribution in [0.1, 0.15) is 25.0 Å². The molecule has 1 amide bonds. The molecule has 32 heavy (non-hydrogen) atoms. The van der Waals surface area contributed by atoms with Crippen molar-refractivity contribution in [3.05, 3.63) is 77.9 Å². The molecule has 3 aromatic rings. The molecule has 0 aliphatic rings. The van der Waals surface area contributed by atoms with E-state index in [1.807, 2.05) is 25.1 Å². The van der Waals surface area contributed by atoms with Crippen LogP contribution >= 0.6 is 0 Å². The fraction of sp³-hybridized carbons (Fsp3) is 0.269. The van der Waals surface area contributed by atoms with E-state index in [9.17, 15) is 4.79 Å². The van der Waals surface area contributed by atoms with Crippen molar-refractivity contribution >= 4 is 17.3 Å². The maximum Gasteiger partial charge on any atom is 0.262 e. The van der Waals surface area contributed by atoms with E-state index in [0.717, 1.165) is 23.4 Å². The molecule has 6 nitrogen and oxygen atoms in total. The number of amides is 1. The Morgan fingerprint density at radius 2 is 1.50 bits per heavy atom. The van der Waals surface area contributed by atoms with Gasteiger partial charge in [0.25, 0.3) is 5.91 Å². The summed E-state index contributed by atoms with van der Waals surface area (Å²) >= 11 is 0. The van der Waals surface area contributed by atoms with Crippen molar-refractivity contribution in [2.45, 2.75) is 26.8 Å². The Bertz CT molecular complexity index is 1000. The third kappa shape index (κ3) is 6.67. The monoisotopic (exact) mass is 434 g/mol. The maximum absolute atomic E-state index is 12.3. The Morgan fingerprint density at radius 1 is 0.812 bits per heavy atom. The lowest BCUT2D eigenvalue weighted by Gasteiger charge is -2.14. The minimum Gasteiger partial charge on any atom is -0.497 e.